The van der Waals surface area contributed by atoms with Crippen LogP contribution < -0.4 is 19.5 Å². The van der Waals surface area contributed by atoms with E-state index >= 15 is 0 Å². The molecule has 1 N–H and O–H groups in total. The molecular formula is C19H22N2O4S. The number of ether oxygens (including phenoxy) is 3. The lowest BCUT2D eigenvalue weighted by molar-refractivity contribution is 0.0858. The molecule has 7 heteroatoms. The SMILES string of the molecule is COc1cc(C[C@H]2CC(CNCCc3cccs3)=NO2)cc2c1OCO2. The number of hydrogen-bond acceptors (Lipinski definition) is 7. The first-order valence-corrected chi connectivity index (χ1v) is 9.61. The monoisotopic (exact) mass is 374 g/mol. The van der Waals surface area contributed by atoms with E-state index in [1.807, 2.05) is 12.1 Å². The van der Waals surface area contributed by atoms with E-state index in [-0.39, 0.29) is 12.9 Å². The first kappa shape index (κ1) is 17.2. The van der Waals surface area contributed by atoms with Gasteiger partial charge in [-0.05, 0) is 35.6 Å². The molecule has 2 aliphatic heterocycles. The molecule has 0 radical (unpaired) electrons. The van der Waals surface area contributed by atoms with Gasteiger partial charge in [-0.25, -0.2) is 0 Å². The Morgan fingerprint density at radius 2 is 2.31 bits per heavy atom. The van der Waals surface area contributed by atoms with Crippen LogP contribution in [0.15, 0.2) is 34.8 Å². The third kappa shape index (κ3) is 3.94. The second-order valence-corrected chi connectivity index (χ2v) is 7.36. The van der Waals surface area contributed by atoms with Gasteiger partial charge in [-0.1, -0.05) is 11.2 Å². The van der Waals surface area contributed by atoms with Crippen LogP contribution in [-0.2, 0) is 17.7 Å². The first-order chi connectivity index (χ1) is 12.8. The molecule has 6 nitrogen and oxygen atoms in total. The molecule has 0 aliphatic carbocycles. The van der Waals surface area contributed by atoms with E-state index in [1.54, 1.807) is 18.4 Å². The minimum absolute atomic E-state index is 0.0502. The number of fused-ring (bicyclic) bond motifs is 1. The van der Waals surface area contributed by atoms with Crippen molar-refractivity contribution in [1.29, 1.82) is 0 Å². The van der Waals surface area contributed by atoms with Gasteiger partial charge >= 0.3 is 0 Å². The Morgan fingerprint density at radius 3 is 3.15 bits per heavy atom. The highest BCUT2D eigenvalue weighted by molar-refractivity contribution is 7.09. The molecule has 0 saturated carbocycles. The minimum atomic E-state index is 0.0502. The molecule has 1 aromatic heterocycles. The maximum absolute atomic E-state index is 5.60. The molecule has 2 aromatic rings. The summed E-state index contributed by atoms with van der Waals surface area (Å²) in [5.41, 5.74) is 2.16. The highest BCUT2D eigenvalue weighted by atomic mass is 32.1. The molecule has 1 atom stereocenters. The third-order valence-corrected chi connectivity index (χ3v) is 5.37. The van der Waals surface area contributed by atoms with E-state index in [2.05, 4.69) is 28.0 Å². The number of benzene rings is 1. The largest absolute Gasteiger partial charge is 0.493 e. The maximum Gasteiger partial charge on any atom is 0.231 e. The maximum atomic E-state index is 5.60. The minimum Gasteiger partial charge on any atom is -0.493 e. The Bertz CT molecular complexity index is 776. The summed E-state index contributed by atoms with van der Waals surface area (Å²) in [7, 11) is 1.64. The van der Waals surface area contributed by atoms with E-state index in [4.69, 9.17) is 19.0 Å². The van der Waals surface area contributed by atoms with E-state index in [9.17, 15) is 0 Å². The van der Waals surface area contributed by atoms with Crippen molar-refractivity contribution in [2.24, 2.45) is 5.16 Å². The molecule has 3 heterocycles. The lowest BCUT2D eigenvalue weighted by Crippen LogP contribution is -2.25. The summed E-state index contributed by atoms with van der Waals surface area (Å²) >= 11 is 1.79. The van der Waals surface area contributed by atoms with E-state index in [0.717, 1.165) is 49.4 Å². The molecule has 26 heavy (non-hydrogen) atoms. The average molecular weight is 374 g/mol. The van der Waals surface area contributed by atoms with Crippen molar-refractivity contribution in [2.45, 2.75) is 25.4 Å². The van der Waals surface area contributed by atoms with Crippen LogP contribution in [0.4, 0.5) is 0 Å². The quantitative estimate of drug-likeness (QED) is 0.720. The topological polar surface area (TPSA) is 61.3 Å². The third-order valence-electron chi connectivity index (χ3n) is 4.43. The van der Waals surface area contributed by atoms with Crippen molar-refractivity contribution in [1.82, 2.24) is 5.32 Å². The number of nitrogens with one attached hydrogen (secondary N) is 1. The molecule has 138 valence electrons. The number of thiophene rings is 1. The molecule has 1 aromatic carbocycles. The summed E-state index contributed by atoms with van der Waals surface area (Å²) in [5.74, 6) is 2.11. The van der Waals surface area contributed by atoms with Crippen LogP contribution in [0.2, 0.25) is 0 Å². The molecule has 4 rings (SSSR count). The van der Waals surface area contributed by atoms with Crippen molar-refractivity contribution >= 4 is 17.0 Å². The Morgan fingerprint density at radius 1 is 1.35 bits per heavy atom. The summed E-state index contributed by atoms with van der Waals surface area (Å²) in [6, 6.07) is 8.22. The molecule has 0 fully saturated rings. The van der Waals surface area contributed by atoms with Gasteiger partial charge in [-0.15, -0.1) is 11.3 Å². The van der Waals surface area contributed by atoms with Crippen LogP contribution in [0.3, 0.4) is 0 Å². The fraction of sp³-hybridized carbons (Fsp3) is 0.421. The lowest BCUT2D eigenvalue weighted by atomic mass is 10.0. The Labute approximate surface area is 156 Å². The van der Waals surface area contributed by atoms with Gasteiger partial charge in [0.2, 0.25) is 12.5 Å². The van der Waals surface area contributed by atoms with Crippen LogP contribution in [0.5, 0.6) is 17.2 Å². The van der Waals surface area contributed by atoms with Crippen molar-refractivity contribution in [2.75, 3.05) is 27.0 Å². The van der Waals surface area contributed by atoms with Gasteiger partial charge in [0, 0.05) is 30.8 Å². The predicted molar refractivity (Wildman–Crippen MR) is 101 cm³/mol. The zero-order valence-electron chi connectivity index (χ0n) is 14.7. The number of methoxy groups -OCH3 is 1. The van der Waals surface area contributed by atoms with Crippen molar-refractivity contribution in [3.8, 4) is 17.2 Å². The smallest absolute Gasteiger partial charge is 0.231 e. The Balaban J connectivity index is 1.25. The highest BCUT2D eigenvalue weighted by Crippen LogP contribution is 2.42. The van der Waals surface area contributed by atoms with Gasteiger partial charge in [0.05, 0.1) is 12.8 Å². The summed E-state index contributed by atoms with van der Waals surface area (Å²) < 4.78 is 16.3. The van der Waals surface area contributed by atoms with Crippen molar-refractivity contribution in [3.63, 3.8) is 0 Å². The van der Waals surface area contributed by atoms with Gasteiger partial charge in [-0.2, -0.15) is 0 Å². The van der Waals surface area contributed by atoms with E-state index in [1.165, 1.54) is 4.88 Å². The predicted octanol–water partition coefficient (Wildman–Crippen LogP) is 3.01. The fourth-order valence-electron chi connectivity index (χ4n) is 3.16. The van der Waals surface area contributed by atoms with Crippen LogP contribution in [0.25, 0.3) is 0 Å². The standard InChI is InChI=1S/C19H22N2O4S/c1-22-17-8-13(9-18-19(17)24-12-23-18)7-15-10-14(21-25-15)11-20-5-4-16-3-2-6-26-16/h2-3,6,8-9,15,20H,4-5,7,10-12H2,1H3/t15-/m0/s1. The zero-order chi connectivity index (χ0) is 17.8. The van der Waals surface area contributed by atoms with Gasteiger partial charge in [0.25, 0.3) is 0 Å². The molecule has 0 spiro atoms. The highest BCUT2D eigenvalue weighted by Gasteiger charge is 2.24. The molecule has 0 unspecified atom stereocenters. The van der Waals surface area contributed by atoms with Crippen LogP contribution in [0.1, 0.15) is 16.9 Å². The second kappa shape index (κ2) is 7.97. The van der Waals surface area contributed by atoms with Crippen molar-refractivity contribution in [3.05, 3.63) is 40.1 Å². The van der Waals surface area contributed by atoms with E-state index in [0.29, 0.717) is 11.5 Å². The number of hydrogen-bond donors (Lipinski definition) is 1. The van der Waals surface area contributed by atoms with Crippen LogP contribution >= 0.6 is 11.3 Å². The summed E-state index contributed by atoms with van der Waals surface area (Å²) in [5, 5.41) is 9.79. The van der Waals surface area contributed by atoms with Gasteiger partial charge in [0.1, 0.15) is 6.10 Å². The zero-order valence-corrected chi connectivity index (χ0v) is 15.5. The fourth-order valence-corrected chi connectivity index (χ4v) is 3.87. The number of rotatable bonds is 8. The van der Waals surface area contributed by atoms with Crippen LogP contribution in [0, 0.1) is 0 Å². The normalized spacial score (nSPS) is 17.9. The van der Waals surface area contributed by atoms with Gasteiger partial charge in [-0.3, -0.25) is 0 Å². The second-order valence-electron chi connectivity index (χ2n) is 6.33. The first-order valence-electron chi connectivity index (χ1n) is 8.73. The summed E-state index contributed by atoms with van der Waals surface area (Å²) in [6.07, 6.45) is 2.69. The van der Waals surface area contributed by atoms with Gasteiger partial charge in [0.15, 0.2) is 11.5 Å². The lowest BCUT2D eigenvalue weighted by Gasteiger charge is -2.11. The van der Waals surface area contributed by atoms with Crippen molar-refractivity contribution < 1.29 is 19.0 Å². The van der Waals surface area contributed by atoms with Gasteiger partial charge < -0.3 is 24.4 Å². The number of nitrogens with zero attached hydrogens (tertiary/aromatic N) is 1. The molecule has 0 saturated heterocycles. The number of oxime groups is 1. The molecule has 0 bridgehead atoms. The molecule has 0 amide bonds. The molecule has 2 aliphatic rings. The average Bonchev–Trinajstić information content (AvgIpc) is 3.40. The Kier molecular flexibility index (Phi) is 5.26. The summed E-state index contributed by atoms with van der Waals surface area (Å²) in [6.45, 7) is 1.95. The summed E-state index contributed by atoms with van der Waals surface area (Å²) in [4.78, 5) is 7.00. The molecular weight excluding hydrogens is 352 g/mol. The van der Waals surface area contributed by atoms with Crippen LogP contribution in [-0.4, -0.2) is 38.8 Å². The van der Waals surface area contributed by atoms with E-state index < -0.39 is 0 Å². The Hall–Kier alpha value is -2.25.